The lowest BCUT2D eigenvalue weighted by Crippen LogP contribution is -2.12. The van der Waals surface area contributed by atoms with E-state index in [-0.39, 0.29) is 5.56 Å². The van der Waals surface area contributed by atoms with Gasteiger partial charge in [0.05, 0.1) is 5.56 Å². The van der Waals surface area contributed by atoms with Gasteiger partial charge in [-0.25, -0.2) is 9.59 Å². The van der Waals surface area contributed by atoms with Crippen LogP contribution in [0.15, 0.2) is 51.7 Å². The summed E-state index contributed by atoms with van der Waals surface area (Å²) in [5.74, 6) is 0.230. The third-order valence-electron chi connectivity index (χ3n) is 2.08. The van der Waals surface area contributed by atoms with E-state index in [1.54, 1.807) is 31.2 Å². The predicted octanol–water partition coefficient (Wildman–Crippen LogP) is 2.17. The molecule has 4 nitrogen and oxygen atoms in total. The summed E-state index contributed by atoms with van der Waals surface area (Å²) in [6.45, 7) is 1.60. The highest BCUT2D eigenvalue weighted by atomic mass is 16.5. The Bertz CT molecular complexity index is 584. The van der Waals surface area contributed by atoms with Gasteiger partial charge in [-0.3, -0.25) is 0 Å². The summed E-state index contributed by atoms with van der Waals surface area (Å²) in [4.78, 5) is 22.8. The maximum Gasteiger partial charge on any atom is 0.343 e. The van der Waals surface area contributed by atoms with Crippen LogP contribution in [0.1, 0.15) is 16.1 Å². The van der Waals surface area contributed by atoms with Gasteiger partial charge < -0.3 is 9.15 Å². The minimum Gasteiger partial charge on any atom is -0.428 e. The first kappa shape index (κ1) is 11.1. The lowest BCUT2D eigenvalue weighted by atomic mass is 10.2. The smallest absolute Gasteiger partial charge is 0.343 e. The minimum absolute atomic E-state index is 0.183. The van der Waals surface area contributed by atoms with Gasteiger partial charge in [0.1, 0.15) is 11.5 Å². The topological polar surface area (TPSA) is 56.5 Å². The van der Waals surface area contributed by atoms with E-state index in [9.17, 15) is 9.59 Å². The molecule has 17 heavy (non-hydrogen) atoms. The van der Waals surface area contributed by atoms with Crippen molar-refractivity contribution >= 4 is 5.97 Å². The van der Waals surface area contributed by atoms with Crippen molar-refractivity contribution in [2.24, 2.45) is 0 Å². The molecule has 0 spiro atoms. The molecule has 86 valence electrons. The summed E-state index contributed by atoms with van der Waals surface area (Å²) in [5, 5.41) is 0. The Hall–Kier alpha value is -2.36. The molecule has 0 aliphatic heterocycles. The first-order valence-electron chi connectivity index (χ1n) is 5.04. The largest absolute Gasteiger partial charge is 0.428 e. The molecule has 0 unspecified atom stereocenters. The molecule has 0 aliphatic carbocycles. The zero-order valence-corrected chi connectivity index (χ0v) is 9.17. The van der Waals surface area contributed by atoms with E-state index in [4.69, 9.17) is 9.15 Å². The van der Waals surface area contributed by atoms with Crippen molar-refractivity contribution in [3.8, 4) is 5.75 Å². The number of hydrogen-bond acceptors (Lipinski definition) is 4. The number of hydrogen-bond donors (Lipinski definition) is 0. The third kappa shape index (κ3) is 2.81. The van der Waals surface area contributed by atoms with E-state index >= 15 is 0 Å². The van der Waals surface area contributed by atoms with Gasteiger partial charge in [0.15, 0.2) is 0 Å². The molecule has 0 saturated carbocycles. The highest BCUT2D eigenvalue weighted by Gasteiger charge is 2.10. The summed E-state index contributed by atoms with van der Waals surface area (Å²) in [6, 6.07) is 11.2. The van der Waals surface area contributed by atoms with Crippen LogP contribution in [-0.4, -0.2) is 5.97 Å². The lowest BCUT2D eigenvalue weighted by molar-refractivity contribution is 0.0733. The van der Waals surface area contributed by atoms with Crippen LogP contribution in [-0.2, 0) is 0 Å². The number of benzene rings is 1. The van der Waals surface area contributed by atoms with Gasteiger partial charge in [0.25, 0.3) is 0 Å². The van der Waals surface area contributed by atoms with Crippen LogP contribution in [0, 0.1) is 6.92 Å². The highest BCUT2D eigenvalue weighted by Crippen LogP contribution is 2.11. The number of aryl methyl sites for hydroxylation is 1. The molecule has 1 aromatic carbocycles. The van der Waals surface area contributed by atoms with E-state index in [1.807, 2.05) is 6.07 Å². The Morgan fingerprint density at radius 1 is 1.18 bits per heavy atom. The molecular formula is C13H10O4. The van der Waals surface area contributed by atoms with Gasteiger partial charge in [-0.05, 0) is 25.1 Å². The second-order valence-corrected chi connectivity index (χ2v) is 3.48. The summed E-state index contributed by atoms with van der Waals surface area (Å²) >= 11 is 0. The van der Waals surface area contributed by atoms with Crippen molar-refractivity contribution < 1.29 is 13.9 Å². The number of carbonyl (C=O) groups excluding carboxylic acids is 1. The molecular weight excluding hydrogens is 220 g/mol. The SMILES string of the molecule is Cc1cc(C(=O)Oc2ccccc2)cc(=O)o1. The summed E-state index contributed by atoms with van der Waals surface area (Å²) in [5.41, 5.74) is -0.382. The van der Waals surface area contributed by atoms with Gasteiger partial charge in [0.2, 0.25) is 0 Å². The van der Waals surface area contributed by atoms with Crippen LogP contribution >= 0.6 is 0 Å². The van der Waals surface area contributed by atoms with Crippen molar-refractivity contribution in [3.63, 3.8) is 0 Å². The molecule has 1 aromatic heterocycles. The fraction of sp³-hybridized carbons (Fsp3) is 0.0769. The first-order valence-corrected chi connectivity index (χ1v) is 5.04. The Labute approximate surface area is 97.5 Å². The number of ether oxygens (including phenoxy) is 1. The van der Waals surface area contributed by atoms with E-state index in [0.717, 1.165) is 6.07 Å². The van der Waals surface area contributed by atoms with Gasteiger partial charge in [-0.2, -0.15) is 0 Å². The molecule has 0 N–H and O–H groups in total. The van der Waals surface area contributed by atoms with Gasteiger partial charge >= 0.3 is 11.6 Å². The number of esters is 1. The normalized spacial score (nSPS) is 9.94. The Kier molecular flexibility index (Phi) is 3.05. The maximum absolute atomic E-state index is 11.7. The van der Waals surface area contributed by atoms with E-state index < -0.39 is 11.6 Å². The monoisotopic (exact) mass is 230 g/mol. The van der Waals surface area contributed by atoms with Crippen molar-refractivity contribution in [2.45, 2.75) is 6.92 Å². The zero-order chi connectivity index (χ0) is 12.3. The number of carbonyl (C=O) groups is 1. The van der Waals surface area contributed by atoms with E-state index in [0.29, 0.717) is 11.5 Å². The fourth-order valence-electron chi connectivity index (χ4n) is 1.38. The van der Waals surface area contributed by atoms with Gasteiger partial charge in [-0.15, -0.1) is 0 Å². The van der Waals surface area contributed by atoms with Crippen LogP contribution < -0.4 is 10.4 Å². The van der Waals surface area contributed by atoms with Crippen LogP contribution in [0.5, 0.6) is 5.75 Å². The molecule has 0 radical (unpaired) electrons. The van der Waals surface area contributed by atoms with Crippen LogP contribution in [0.4, 0.5) is 0 Å². The Balaban J connectivity index is 2.23. The lowest BCUT2D eigenvalue weighted by Gasteiger charge is -2.03. The molecule has 2 rings (SSSR count). The molecule has 0 saturated heterocycles. The van der Waals surface area contributed by atoms with E-state index in [2.05, 4.69) is 0 Å². The Morgan fingerprint density at radius 3 is 2.53 bits per heavy atom. The highest BCUT2D eigenvalue weighted by molar-refractivity contribution is 5.90. The quantitative estimate of drug-likeness (QED) is 0.586. The van der Waals surface area contributed by atoms with Crippen molar-refractivity contribution in [2.75, 3.05) is 0 Å². The number of para-hydroxylation sites is 1. The molecule has 0 atom stereocenters. The second-order valence-electron chi connectivity index (χ2n) is 3.48. The van der Waals surface area contributed by atoms with Crippen LogP contribution in [0.3, 0.4) is 0 Å². The predicted molar refractivity (Wildman–Crippen MR) is 61.1 cm³/mol. The summed E-state index contributed by atoms with van der Waals surface area (Å²) < 4.78 is 9.85. The van der Waals surface area contributed by atoms with Crippen LogP contribution in [0.25, 0.3) is 0 Å². The second kappa shape index (κ2) is 4.65. The molecule has 0 bridgehead atoms. The Morgan fingerprint density at radius 2 is 1.88 bits per heavy atom. The van der Waals surface area contributed by atoms with Crippen molar-refractivity contribution in [1.82, 2.24) is 0 Å². The molecule has 1 heterocycles. The molecule has 4 heteroatoms. The minimum atomic E-state index is -0.577. The van der Waals surface area contributed by atoms with Crippen molar-refractivity contribution in [1.29, 1.82) is 0 Å². The molecule has 0 fully saturated rings. The van der Waals surface area contributed by atoms with Gasteiger partial charge in [0, 0.05) is 6.07 Å². The molecule has 0 amide bonds. The fourth-order valence-corrected chi connectivity index (χ4v) is 1.38. The number of rotatable bonds is 2. The van der Waals surface area contributed by atoms with Crippen LogP contribution in [0.2, 0.25) is 0 Å². The van der Waals surface area contributed by atoms with E-state index in [1.165, 1.54) is 6.07 Å². The van der Waals surface area contributed by atoms with Crippen molar-refractivity contribution in [3.05, 3.63) is 64.2 Å². The molecule has 2 aromatic rings. The van der Waals surface area contributed by atoms with Gasteiger partial charge in [-0.1, -0.05) is 18.2 Å². The molecule has 0 aliphatic rings. The third-order valence-corrected chi connectivity index (χ3v) is 2.08. The zero-order valence-electron chi connectivity index (χ0n) is 9.17. The standard InChI is InChI=1S/C13H10O4/c1-9-7-10(8-12(14)16-9)13(15)17-11-5-3-2-4-6-11/h2-8H,1H3. The first-order chi connectivity index (χ1) is 8.15. The maximum atomic E-state index is 11.7. The summed E-state index contributed by atoms with van der Waals surface area (Å²) in [7, 11) is 0. The summed E-state index contributed by atoms with van der Waals surface area (Å²) in [6.07, 6.45) is 0. The average Bonchev–Trinajstić information content (AvgIpc) is 2.29. The average molecular weight is 230 g/mol.